The zero-order chi connectivity index (χ0) is 25.9. The van der Waals surface area contributed by atoms with Crippen molar-refractivity contribution in [2.45, 2.75) is 25.2 Å². The van der Waals surface area contributed by atoms with Gasteiger partial charge in [0, 0.05) is 45.5 Å². The molecule has 5 atom stereocenters. The molecule has 5 rings (SSSR count). The van der Waals surface area contributed by atoms with Crippen LogP contribution in [-0.2, 0) is 9.53 Å². The first-order valence-electron chi connectivity index (χ1n) is 13.2. The number of hydrogen-bond donors (Lipinski definition) is 1. The maximum Gasteiger partial charge on any atom is 0.326 e. The number of rotatable bonds is 7. The lowest BCUT2D eigenvalue weighted by Gasteiger charge is -2.35. The van der Waals surface area contributed by atoms with E-state index in [1.807, 2.05) is 42.1 Å². The Bertz CT molecular complexity index is 1010. The van der Waals surface area contributed by atoms with Crippen LogP contribution < -0.4 is 5.32 Å². The standard InChI is InChI=1S/C27H37ClN6O3/c1-31(2)26-30-24(28)9-12-34(26)27(36)33-16-21-14-32(15-22(21)17-33)11-8-23(19-6-4-3-5-7-19)29-25(35)20-10-13-37-18-20/h3-7,9,12,20-23,26H,8,10-11,13-18H2,1-2H3,(H,29,35)/t20?,21?,22?,23-,26?/m0/s1. The van der Waals surface area contributed by atoms with E-state index in [1.54, 1.807) is 17.2 Å². The van der Waals surface area contributed by atoms with Crippen LogP contribution in [0.5, 0.6) is 0 Å². The molecule has 1 N–H and O–H groups in total. The van der Waals surface area contributed by atoms with E-state index in [1.165, 1.54) is 0 Å². The molecule has 0 aliphatic carbocycles. The molecule has 1 aromatic carbocycles. The zero-order valence-electron chi connectivity index (χ0n) is 21.6. The predicted octanol–water partition coefficient (Wildman–Crippen LogP) is 2.57. The zero-order valence-corrected chi connectivity index (χ0v) is 22.4. The number of carbonyl (C=O) groups excluding carboxylic acids is 2. The first kappa shape index (κ1) is 26.2. The number of aliphatic imine (C=N–C) groups is 1. The third-order valence-corrected chi connectivity index (χ3v) is 8.15. The van der Waals surface area contributed by atoms with Gasteiger partial charge in [0.2, 0.25) is 5.91 Å². The van der Waals surface area contributed by atoms with Gasteiger partial charge in [-0.3, -0.25) is 14.6 Å². The van der Waals surface area contributed by atoms with Crippen LogP contribution in [0, 0.1) is 17.8 Å². The summed E-state index contributed by atoms with van der Waals surface area (Å²) in [6, 6.07) is 10.2. The molecule has 4 aliphatic heterocycles. The minimum absolute atomic E-state index is 0.0194. The largest absolute Gasteiger partial charge is 0.381 e. The molecule has 4 heterocycles. The molecule has 3 fully saturated rings. The summed E-state index contributed by atoms with van der Waals surface area (Å²) in [4.78, 5) is 38.5. The lowest BCUT2D eigenvalue weighted by molar-refractivity contribution is -0.125. The first-order chi connectivity index (χ1) is 17.9. The van der Waals surface area contributed by atoms with Crippen LogP contribution in [0.15, 0.2) is 47.6 Å². The van der Waals surface area contributed by atoms with E-state index in [2.05, 4.69) is 27.3 Å². The summed E-state index contributed by atoms with van der Waals surface area (Å²) >= 11 is 6.08. The number of allylic oxidation sites excluding steroid dienone is 1. The number of hydrogen-bond acceptors (Lipinski definition) is 6. The SMILES string of the molecule is CN(C)C1N=C(Cl)C=CN1C(=O)N1CC2CN(CC[C@H](NC(=O)C3CCOC3)c3ccccc3)CC2C1. The van der Waals surface area contributed by atoms with Crippen molar-refractivity contribution in [2.24, 2.45) is 22.7 Å². The summed E-state index contributed by atoms with van der Waals surface area (Å²) in [6.45, 7) is 5.53. The Morgan fingerprint density at radius 1 is 1.16 bits per heavy atom. The van der Waals surface area contributed by atoms with Crippen LogP contribution in [-0.4, -0.2) is 103 Å². The van der Waals surface area contributed by atoms with Crippen LogP contribution in [0.3, 0.4) is 0 Å². The molecule has 0 bridgehead atoms. The quantitative estimate of drug-likeness (QED) is 0.588. The highest BCUT2D eigenvalue weighted by molar-refractivity contribution is 6.68. The number of halogens is 1. The third kappa shape index (κ3) is 6.00. The number of nitrogens with zero attached hydrogens (tertiary/aromatic N) is 5. The second-order valence-electron chi connectivity index (χ2n) is 10.8. The number of benzene rings is 1. The Hall–Kier alpha value is -2.46. The average Bonchev–Trinajstić information content (AvgIpc) is 3.64. The summed E-state index contributed by atoms with van der Waals surface area (Å²) in [5.74, 6) is 0.961. The van der Waals surface area contributed by atoms with Gasteiger partial charge in [0.05, 0.1) is 18.6 Å². The van der Waals surface area contributed by atoms with Crippen LogP contribution in [0.25, 0.3) is 0 Å². The molecule has 10 heteroatoms. The van der Waals surface area contributed by atoms with Crippen LogP contribution in [0.1, 0.15) is 24.4 Å². The third-order valence-electron chi connectivity index (χ3n) is 7.93. The maximum atomic E-state index is 13.3. The van der Waals surface area contributed by atoms with Gasteiger partial charge in [-0.05, 0) is 50.4 Å². The highest BCUT2D eigenvalue weighted by atomic mass is 35.5. The summed E-state index contributed by atoms with van der Waals surface area (Å²) < 4.78 is 5.42. The van der Waals surface area contributed by atoms with Gasteiger partial charge in [-0.2, -0.15) is 0 Å². The normalized spacial score (nSPS) is 28.5. The van der Waals surface area contributed by atoms with E-state index in [0.29, 0.717) is 30.2 Å². The van der Waals surface area contributed by atoms with Crippen LogP contribution in [0.2, 0.25) is 0 Å². The number of ether oxygens (including phenoxy) is 1. The molecule has 1 aromatic rings. The molecule has 3 saturated heterocycles. The summed E-state index contributed by atoms with van der Waals surface area (Å²) in [6.07, 6.45) is 4.62. The fraction of sp³-hybridized carbons (Fsp3) is 0.593. The molecule has 0 saturated carbocycles. The second kappa shape index (κ2) is 11.5. The second-order valence-corrected chi connectivity index (χ2v) is 11.2. The van der Waals surface area contributed by atoms with Crippen molar-refractivity contribution >= 4 is 28.7 Å². The monoisotopic (exact) mass is 528 g/mol. The van der Waals surface area contributed by atoms with Crippen molar-refractivity contribution in [3.05, 3.63) is 48.2 Å². The van der Waals surface area contributed by atoms with Gasteiger partial charge >= 0.3 is 6.03 Å². The average molecular weight is 529 g/mol. The Morgan fingerprint density at radius 3 is 2.54 bits per heavy atom. The smallest absolute Gasteiger partial charge is 0.326 e. The number of likely N-dealkylation sites (tertiary alicyclic amines) is 2. The van der Waals surface area contributed by atoms with E-state index in [-0.39, 0.29) is 23.9 Å². The molecule has 37 heavy (non-hydrogen) atoms. The van der Waals surface area contributed by atoms with Crippen molar-refractivity contribution in [3.8, 4) is 0 Å². The van der Waals surface area contributed by atoms with Gasteiger partial charge in [0.15, 0.2) is 6.29 Å². The number of carbonyl (C=O) groups is 2. The molecule has 0 radical (unpaired) electrons. The van der Waals surface area contributed by atoms with E-state index in [0.717, 1.165) is 51.1 Å². The molecule has 0 spiro atoms. The van der Waals surface area contributed by atoms with Crippen molar-refractivity contribution in [2.75, 3.05) is 60.0 Å². The van der Waals surface area contributed by atoms with E-state index >= 15 is 0 Å². The molecule has 4 unspecified atom stereocenters. The molecular formula is C27H37ClN6O3. The van der Waals surface area contributed by atoms with Gasteiger partial charge < -0.3 is 19.9 Å². The molecule has 9 nitrogen and oxygen atoms in total. The highest BCUT2D eigenvalue weighted by Gasteiger charge is 2.43. The van der Waals surface area contributed by atoms with E-state index in [9.17, 15) is 9.59 Å². The maximum absolute atomic E-state index is 13.3. The summed E-state index contributed by atoms with van der Waals surface area (Å²) in [5.41, 5.74) is 1.14. The minimum Gasteiger partial charge on any atom is -0.381 e. The summed E-state index contributed by atoms with van der Waals surface area (Å²) in [5, 5.41) is 3.69. The fourth-order valence-corrected chi connectivity index (χ4v) is 6.05. The van der Waals surface area contributed by atoms with E-state index < -0.39 is 6.29 Å². The van der Waals surface area contributed by atoms with Crippen LogP contribution in [0.4, 0.5) is 4.79 Å². The van der Waals surface area contributed by atoms with Crippen molar-refractivity contribution in [1.29, 1.82) is 0 Å². The van der Waals surface area contributed by atoms with Gasteiger partial charge in [-0.25, -0.2) is 9.79 Å². The molecule has 4 aliphatic rings. The van der Waals surface area contributed by atoms with Gasteiger partial charge in [0.25, 0.3) is 0 Å². The Balaban J connectivity index is 1.15. The lowest BCUT2D eigenvalue weighted by Crippen LogP contribution is -2.51. The van der Waals surface area contributed by atoms with Gasteiger partial charge in [0.1, 0.15) is 5.17 Å². The Kier molecular flexibility index (Phi) is 8.14. The highest BCUT2D eigenvalue weighted by Crippen LogP contribution is 2.33. The topological polar surface area (TPSA) is 80.7 Å². The lowest BCUT2D eigenvalue weighted by atomic mass is 10.0. The number of urea groups is 1. The molecular weight excluding hydrogens is 492 g/mol. The van der Waals surface area contributed by atoms with Gasteiger partial charge in [-0.1, -0.05) is 41.9 Å². The van der Waals surface area contributed by atoms with E-state index in [4.69, 9.17) is 16.3 Å². The van der Waals surface area contributed by atoms with Crippen LogP contribution >= 0.6 is 11.6 Å². The summed E-state index contributed by atoms with van der Waals surface area (Å²) in [7, 11) is 3.78. The molecule has 0 aromatic heterocycles. The number of amides is 3. The molecule has 200 valence electrons. The number of nitrogens with one attached hydrogen (secondary N) is 1. The predicted molar refractivity (Wildman–Crippen MR) is 143 cm³/mol. The Morgan fingerprint density at radius 2 is 1.89 bits per heavy atom. The van der Waals surface area contributed by atoms with Crippen molar-refractivity contribution < 1.29 is 14.3 Å². The van der Waals surface area contributed by atoms with Gasteiger partial charge in [-0.15, -0.1) is 0 Å². The number of fused-ring (bicyclic) bond motifs is 1. The fourth-order valence-electron chi connectivity index (χ4n) is 5.90. The first-order valence-corrected chi connectivity index (χ1v) is 13.6. The molecule has 3 amide bonds. The van der Waals surface area contributed by atoms with Crippen molar-refractivity contribution in [1.82, 2.24) is 24.9 Å². The Labute approximate surface area is 224 Å². The minimum atomic E-state index is -0.428. The van der Waals surface area contributed by atoms with Crippen molar-refractivity contribution in [3.63, 3.8) is 0 Å².